The number of nitrogens with zero attached hydrogens (tertiary/aromatic N) is 1. The molecule has 3 rings (SSSR count). The highest BCUT2D eigenvalue weighted by Crippen LogP contribution is 2.27. The maximum Gasteiger partial charge on any atom is 0.268 e. The molecule has 0 saturated carbocycles. The Balaban J connectivity index is 1.69. The summed E-state index contributed by atoms with van der Waals surface area (Å²) < 4.78 is 11.2. The van der Waals surface area contributed by atoms with Crippen LogP contribution in [0.25, 0.3) is 0 Å². The van der Waals surface area contributed by atoms with Crippen LogP contribution in [0.4, 0.5) is 0 Å². The molecule has 0 aromatic carbocycles. The molecule has 2 bridgehead atoms. The quantitative estimate of drug-likeness (QED) is 0.457. The van der Waals surface area contributed by atoms with Gasteiger partial charge in [-0.25, -0.2) is 5.84 Å². The molecule has 0 aliphatic carbocycles. The van der Waals surface area contributed by atoms with Crippen molar-refractivity contribution in [2.45, 2.75) is 31.6 Å². The van der Waals surface area contributed by atoms with E-state index in [9.17, 15) is 4.79 Å². The van der Waals surface area contributed by atoms with Crippen LogP contribution in [0.1, 0.15) is 29.0 Å². The normalized spacial score (nSPS) is 27.4. The lowest BCUT2D eigenvalue weighted by molar-refractivity contribution is -0.0427. The van der Waals surface area contributed by atoms with Crippen molar-refractivity contribution in [3.63, 3.8) is 0 Å². The van der Waals surface area contributed by atoms with E-state index < -0.39 is 0 Å². The highest BCUT2D eigenvalue weighted by molar-refractivity contribution is 5.94. The number of rotatable bonds is 3. The van der Waals surface area contributed by atoms with Crippen LogP contribution in [0.2, 0.25) is 0 Å². The number of carbonyl (C=O) groups is 1. The zero-order chi connectivity index (χ0) is 12.5. The van der Waals surface area contributed by atoms with Gasteiger partial charge >= 0.3 is 0 Å². The first kappa shape index (κ1) is 11.7. The number of amides is 1. The first-order valence-corrected chi connectivity index (χ1v) is 6.21. The van der Waals surface area contributed by atoms with Gasteiger partial charge in [0.05, 0.1) is 30.6 Å². The van der Waals surface area contributed by atoms with E-state index in [2.05, 4.69) is 10.3 Å². The van der Waals surface area contributed by atoms with Crippen LogP contribution in [-0.2, 0) is 11.3 Å². The Morgan fingerprint density at radius 1 is 1.44 bits per heavy atom. The Kier molecular flexibility index (Phi) is 3.07. The average molecular weight is 251 g/mol. The van der Waals surface area contributed by atoms with E-state index in [0.29, 0.717) is 30.1 Å². The van der Waals surface area contributed by atoms with Gasteiger partial charge in [-0.05, 0) is 18.9 Å². The molecule has 2 atom stereocenters. The number of hydrogen-bond acceptors (Lipinski definition) is 5. The molecule has 1 aromatic rings. The van der Waals surface area contributed by atoms with E-state index in [1.807, 2.05) is 0 Å². The van der Waals surface area contributed by atoms with Gasteiger partial charge in [0.25, 0.3) is 5.91 Å². The van der Waals surface area contributed by atoms with Gasteiger partial charge in [0.15, 0.2) is 0 Å². The summed E-state index contributed by atoms with van der Waals surface area (Å²) in [7, 11) is 0. The zero-order valence-corrected chi connectivity index (χ0v) is 10.1. The molecule has 2 aliphatic heterocycles. The van der Waals surface area contributed by atoms with Crippen molar-refractivity contribution in [3.05, 3.63) is 23.7 Å². The highest BCUT2D eigenvalue weighted by atomic mass is 16.5. The lowest BCUT2D eigenvalue weighted by Crippen LogP contribution is -2.42. The van der Waals surface area contributed by atoms with Crippen LogP contribution < -0.4 is 11.3 Å². The van der Waals surface area contributed by atoms with Crippen molar-refractivity contribution in [3.8, 4) is 0 Å². The minimum Gasteiger partial charge on any atom is -0.467 e. The number of ether oxygens (including phenoxy) is 1. The molecule has 3 N–H and O–H groups in total. The van der Waals surface area contributed by atoms with Crippen molar-refractivity contribution in [1.82, 2.24) is 10.3 Å². The van der Waals surface area contributed by atoms with Gasteiger partial charge in [-0.3, -0.25) is 15.1 Å². The fourth-order valence-electron chi connectivity index (χ4n) is 2.77. The maximum absolute atomic E-state index is 11.5. The van der Waals surface area contributed by atoms with E-state index in [1.54, 1.807) is 6.07 Å². The highest BCUT2D eigenvalue weighted by Gasteiger charge is 2.34. The topological polar surface area (TPSA) is 80.7 Å². The number of fused-ring (bicyclic) bond motifs is 2. The van der Waals surface area contributed by atoms with Crippen LogP contribution >= 0.6 is 0 Å². The van der Waals surface area contributed by atoms with Crippen LogP contribution in [0.3, 0.4) is 0 Å². The minimum absolute atomic E-state index is 0.310. The fourth-order valence-corrected chi connectivity index (χ4v) is 2.77. The third kappa shape index (κ3) is 2.14. The predicted molar refractivity (Wildman–Crippen MR) is 63.5 cm³/mol. The van der Waals surface area contributed by atoms with Crippen LogP contribution in [0.15, 0.2) is 16.7 Å². The van der Waals surface area contributed by atoms with Crippen molar-refractivity contribution in [2.75, 3.05) is 13.1 Å². The summed E-state index contributed by atoms with van der Waals surface area (Å²) >= 11 is 0. The Morgan fingerprint density at radius 3 is 2.83 bits per heavy atom. The maximum atomic E-state index is 11.5. The summed E-state index contributed by atoms with van der Waals surface area (Å²) in [5.74, 6) is 5.50. The molecular formula is C12H17N3O3. The van der Waals surface area contributed by atoms with Gasteiger partial charge in [0.2, 0.25) is 0 Å². The number of nitrogens with two attached hydrogens (primary N) is 1. The average Bonchev–Trinajstić information content (AvgIpc) is 2.95. The Morgan fingerprint density at radius 2 is 2.17 bits per heavy atom. The van der Waals surface area contributed by atoms with Crippen LogP contribution in [-0.4, -0.2) is 36.1 Å². The van der Waals surface area contributed by atoms with Gasteiger partial charge in [0.1, 0.15) is 5.76 Å². The number of nitrogen functional groups attached to an aromatic ring is 1. The number of carbonyl (C=O) groups excluding carboxylic acids is 1. The molecule has 1 aromatic heterocycles. The fraction of sp³-hybridized carbons (Fsp3) is 0.583. The van der Waals surface area contributed by atoms with Gasteiger partial charge in [-0.15, -0.1) is 0 Å². The molecule has 6 heteroatoms. The van der Waals surface area contributed by atoms with E-state index in [1.165, 1.54) is 6.26 Å². The second kappa shape index (κ2) is 4.72. The molecule has 98 valence electrons. The van der Waals surface area contributed by atoms with Gasteiger partial charge in [0, 0.05) is 13.1 Å². The van der Waals surface area contributed by atoms with Gasteiger partial charge in [-0.2, -0.15) is 0 Å². The number of nitrogens with one attached hydrogen (secondary N) is 1. The largest absolute Gasteiger partial charge is 0.467 e. The van der Waals surface area contributed by atoms with Gasteiger partial charge in [-0.1, -0.05) is 0 Å². The molecule has 1 amide bonds. The van der Waals surface area contributed by atoms with Crippen molar-refractivity contribution in [1.29, 1.82) is 0 Å². The third-order valence-electron chi connectivity index (χ3n) is 3.61. The smallest absolute Gasteiger partial charge is 0.268 e. The summed E-state index contributed by atoms with van der Waals surface area (Å²) in [4.78, 5) is 13.8. The predicted octanol–water partition coefficient (Wildman–Crippen LogP) is 0.246. The second-order valence-corrected chi connectivity index (χ2v) is 4.88. The third-order valence-corrected chi connectivity index (χ3v) is 3.61. The SMILES string of the molecule is NNC(=O)c1ccoc1CN1CC2CCC(C1)O2. The molecule has 0 radical (unpaired) electrons. The zero-order valence-electron chi connectivity index (χ0n) is 10.1. The summed E-state index contributed by atoms with van der Waals surface area (Å²) in [5.41, 5.74) is 2.64. The summed E-state index contributed by atoms with van der Waals surface area (Å²) in [6.45, 7) is 2.44. The molecule has 2 unspecified atom stereocenters. The van der Waals surface area contributed by atoms with Crippen LogP contribution in [0, 0.1) is 0 Å². The lowest BCUT2D eigenvalue weighted by Gasteiger charge is -2.31. The van der Waals surface area contributed by atoms with Crippen molar-refractivity contribution in [2.24, 2.45) is 5.84 Å². The molecule has 2 saturated heterocycles. The monoisotopic (exact) mass is 251 g/mol. The number of furan rings is 1. The van der Waals surface area contributed by atoms with Crippen molar-refractivity contribution < 1.29 is 13.9 Å². The number of likely N-dealkylation sites (tertiary alicyclic amines) is 1. The number of hydrazine groups is 1. The van der Waals surface area contributed by atoms with E-state index in [0.717, 1.165) is 25.9 Å². The second-order valence-electron chi connectivity index (χ2n) is 4.88. The summed E-state index contributed by atoms with van der Waals surface area (Å²) in [5, 5.41) is 0. The van der Waals surface area contributed by atoms with E-state index in [4.69, 9.17) is 15.0 Å². The van der Waals surface area contributed by atoms with Crippen molar-refractivity contribution >= 4 is 5.91 Å². The first-order chi connectivity index (χ1) is 8.76. The molecule has 2 fully saturated rings. The lowest BCUT2D eigenvalue weighted by atomic mass is 10.2. The molecule has 6 nitrogen and oxygen atoms in total. The molecule has 3 heterocycles. The molecular weight excluding hydrogens is 234 g/mol. The Labute approximate surface area is 105 Å². The molecule has 2 aliphatic rings. The number of hydrogen-bond donors (Lipinski definition) is 2. The first-order valence-electron chi connectivity index (χ1n) is 6.21. The number of morpholine rings is 1. The molecule has 0 spiro atoms. The van der Waals surface area contributed by atoms with E-state index in [-0.39, 0.29) is 5.91 Å². The summed E-state index contributed by atoms with van der Waals surface area (Å²) in [6.07, 6.45) is 4.47. The Bertz CT molecular complexity index is 434. The minimum atomic E-state index is -0.310. The standard InChI is InChI=1S/C12H17N3O3/c13-14-12(16)10-3-4-17-11(10)7-15-5-8-1-2-9(6-15)18-8/h3-4,8-9H,1-2,5-7,13H2,(H,14,16). The van der Waals surface area contributed by atoms with Crippen LogP contribution in [0.5, 0.6) is 0 Å². The van der Waals surface area contributed by atoms with Gasteiger partial charge < -0.3 is 9.15 Å². The van der Waals surface area contributed by atoms with E-state index >= 15 is 0 Å². The molecule has 18 heavy (non-hydrogen) atoms. The summed E-state index contributed by atoms with van der Waals surface area (Å²) in [6, 6.07) is 1.65. The Hall–Kier alpha value is -1.37.